The van der Waals surface area contributed by atoms with Gasteiger partial charge in [0.1, 0.15) is 0 Å². The van der Waals surface area contributed by atoms with Gasteiger partial charge in [-0.15, -0.1) is 0 Å². The lowest BCUT2D eigenvalue weighted by Crippen LogP contribution is -2.12. The highest BCUT2D eigenvalue weighted by Gasteiger charge is 2.12. The Bertz CT molecular complexity index is 219. The molecule has 1 aromatic heterocycles. The van der Waals surface area contributed by atoms with Crippen LogP contribution in [0.3, 0.4) is 0 Å². The average molecular weight is 141 g/mol. The Morgan fingerprint density at radius 2 is 2.50 bits per heavy atom. The van der Waals surface area contributed by atoms with Crippen LogP contribution >= 0.6 is 0 Å². The predicted molar refractivity (Wildman–Crippen MR) is 33.9 cm³/mol. The van der Waals surface area contributed by atoms with Gasteiger partial charge in [-0.1, -0.05) is 0 Å². The molecular weight excluding hydrogens is 134 g/mol. The molecule has 0 saturated carbocycles. The zero-order chi connectivity index (χ0) is 7.56. The van der Waals surface area contributed by atoms with Crippen molar-refractivity contribution in [2.45, 2.75) is 13.1 Å². The molecular formula is C5H7N3O2. The van der Waals surface area contributed by atoms with Crippen molar-refractivity contribution in [2.24, 2.45) is 0 Å². The summed E-state index contributed by atoms with van der Waals surface area (Å²) in [5.74, 6) is 0. The molecule has 1 atom stereocenters. The number of hydrogen-bond acceptors (Lipinski definition) is 3. The lowest BCUT2D eigenvalue weighted by atomic mass is 10.6. The maximum absolute atomic E-state index is 10.2. The molecule has 1 rings (SSSR count). The Labute approximate surface area is 57.5 Å². The molecule has 5 nitrogen and oxygen atoms in total. The van der Waals surface area contributed by atoms with E-state index >= 15 is 0 Å². The van der Waals surface area contributed by atoms with E-state index in [-0.39, 0.29) is 4.92 Å². The van der Waals surface area contributed by atoms with Gasteiger partial charge in [-0.3, -0.25) is 14.7 Å². The Kier molecular flexibility index (Phi) is 1.66. The molecule has 0 bridgehead atoms. The Balaban J connectivity index is 2.77. The van der Waals surface area contributed by atoms with Gasteiger partial charge in [0.15, 0.2) is 0 Å². The quantitative estimate of drug-likeness (QED) is 0.449. The first-order chi connectivity index (χ1) is 4.72. The summed E-state index contributed by atoms with van der Waals surface area (Å²) < 4.78 is 1.43. The standard InChI is InChI=1S/C5H7N3O2/c1-5(8(9)10)7-3-2-6-4-7/h2-5H,1H3. The minimum Gasteiger partial charge on any atom is -0.274 e. The van der Waals surface area contributed by atoms with Gasteiger partial charge < -0.3 is 0 Å². The zero-order valence-corrected chi connectivity index (χ0v) is 5.47. The van der Waals surface area contributed by atoms with Crippen LogP contribution in [0.1, 0.15) is 13.1 Å². The maximum Gasteiger partial charge on any atom is 0.288 e. The van der Waals surface area contributed by atoms with E-state index in [4.69, 9.17) is 0 Å². The molecule has 10 heavy (non-hydrogen) atoms. The van der Waals surface area contributed by atoms with E-state index < -0.39 is 6.17 Å². The highest BCUT2D eigenvalue weighted by Crippen LogP contribution is 2.02. The van der Waals surface area contributed by atoms with Crippen LogP contribution in [0.5, 0.6) is 0 Å². The number of rotatable bonds is 2. The van der Waals surface area contributed by atoms with Gasteiger partial charge in [-0.25, -0.2) is 4.98 Å². The summed E-state index contributed by atoms with van der Waals surface area (Å²) in [6.07, 6.45) is 3.78. The van der Waals surface area contributed by atoms with Crippen molar-refractivity contribution < 1.29 is 4.92 Å². The van der Waals surface area contributed by atoms with E-state index in [2.05, 4.69) is 4.98 Å². The van der Waals surface area contributed by atoms with Crippen molar-refractivity contribution in [3.63, 3.8) is 0 Å². The fraction of sp³-hybridized carbons (Fsp3) is 0.400. The van der Waals surface area contributed by atoms with Crippen molar-refractivity contribution in [2.75, 3.05) is 0 Å². The molecule has 0 aliphatic heterocycles. The first kappa shape index (κ1) is 6.73. The van der Waals surface area contributed by atoms with Crippen LogP contribution in [-0.4, -0.2) is 14.5 Å². The SMILES string of the molecule is CC(n1ccnc1)[N+](=O)[O-]. The molecule has 1 aromatic rings. The van der Waals surface area contributed by atoms with Crippen LogP contribution in [0, 0.1) is 10.1 Å². The van der Waals surface area contributed by atoms with Gasteiger partial charge in [0.25, 0.3) is 6.17 Å². The maximum atomic E-state index is 10.2. The van der Waals surface area contributed by atoms with Crippen LogP contribution in [0.25, 0.3) is 0 Å². The van der Waals surface area contributed by atoms with Crippen molar-refractivity contribution >= 4 is 0 Å². The molecule has 0 aliphatic carbocycles. The van der Waals surface area contributed by atoms with Gasteiger partial charge in [0.2, 0.25) is 0 Å². The van der Waals surface area contributed by atoms with Gasteiger partial charge in [-0.05, 0) is 0 Å². The highest BCUT2D eigenvalue weighted by atomic mass is 16.6. The van der Waals surface area contributed by atoms with Gasteiger partial charge in [-0.2, -0.15) is 0 Å². The van der Waals surface area contributed by atoms with Crippen LogP contribution in [0.15, 0.2) is 18.7 Å². The van der Waals surface area contributed by atoms with Crippen LogP contribution in [0.4, 0.5) is 0 Å². The van der Waals surface area contributed by atoms with E-state index in [9.17, 15) is 10.1 Å². The molecule has 0 fully saturated rings. The molecule has 1 heterocycles. The van der Waals surface area contributed by atoms with E-state index in [1.165, 1.54) is 24.0 Å². The molecule has 0 aromatic carbocycles. The van der Waals surface area contributed by atoms with Crippen LogP contribution in [-0.2, 0) is 0 Å². The summed E-state index contributed by atoms with van der Waals surface area (Å²) in [5, 5.41) is 10.2. The Morgan fingerprint density at radius 3 is 2.90 bits per heavy atom. The lowest BCUT2D eigenvalue weighted by Gasteiger charge is -2.01. The van der Waals surface area contributed by atoms with E-state index in [0.717, 1.165) is 0 Å². The Morgan fingerprint density at radius 1 is 1.80 bits per heavy atom. The second-order valence-electron chi connectivity index (χ2n) is 1.93. The Hall–Kier alpha value is -1.39. The summed E-state index contributed by atoms with van der Waals surface area (Å²) in [7, 11) is 0. The van der Waals surface area contributed by atoms with Crippen molar-refractivity contribution in [1.82, 2.24) is 9.55 Å². The smallest absolute Gasteiger partial charge is 0.274 e. The summed E-state index contributed by atoms with van der Waals surface area (Å²) in [6, 6.07) is 0. The van der Waals surface area contributed by atoms with Crippen LogP contribution in [0.2, 0.25) is 0 Å². The number of imidazole rings is 1. The highest BCUT2D eigenvalue weighted by molar-refractivity contribution is 4.74. The fourth-order valence-electron chi connectivity index (χ4n) is 0.599. The minimum absolute atomic E-state index is 0.373. The molecule has 5 heteroatoms. The van der Waals surface area contributed by atoms with Crippen molar-refractivity contribution in [1.29, 1.82) is 0 Å². The summed E-state index contributed by atoms with van der Waals surface area (Å²) in [6.45, 7) is 1.50. The second kappa shape index (κ2) is 2.47. The third-order valence-electron chi connectivity index (χ3n) is 1.26. The molecule has 1 unspecified atom stereocenters. The zero-order valence-electron chi connectivity index (χ0n) is 5.47. The number of nitrogens with zero attached hydrogens (tertiary/aromatic N) is 3. The molecule has 54 valence electrons. The summed E-state index contributed by atoms with van der Waals surface area (Å²) >= 11 is 0. The summed E-state index contributed by atoms with van der Waals surface area (Å²) in [4.78, 5) is 13.5. The van der Waals surface area contributed by atoms with Crippen LogP contribution < -0.4 is 0 Å². The van der Waals surface area contributed by atoms with Gasteiger partial charge in [0.05, 0.1) is 6.33 Å². The third kappa shape index (κ3) is 1.12. The molecule has 0 amide bonds. The number of hydrogen-bond donors (Lipinski definition) is 0. The lowest BCUT2D eigenvalue weighted by molar-refractivity contribution is -0.543. The fourth-order valence-corrected chi connectivity index (χ4v) is 0.599. The molecule has 0 radical (unpaired) electrons. The molecule has 0 aliphatic rings. The van der Waals surface area contributed by atoms with Gasteiger partial charge in [0, 0.05) is 24.2 Å². The largest absolute Gasteiger partial charge is 0.288 e. The number of aromatic nitrogens is 2. The van der Waals surface area contributed by atoms with Crippen molar-refractivity contribution in [3.8, 4) is 0 Å². The molecule has 0 saturated heterocycles. The van der Waals surface area contributed by atoms with E-state index in [1.807, 2.05) is 0 Å². The average Bonchev–Trinajstić information content (AvgIpc) is 2.36. The third-order valence-corrected chi connectivity index (χ3v) is 1.26. The first-order valence-electron chi connectivity index (χ1n) is 2.83. The predicted octanol–water partition coefficient (Wildman–Crippen LogP) is 0.678. The minimum atomic E-state index is -0.720. The molecule has 0 N–H and O–H groups in total. The number of nitro groups is 1. The summed E-state index contributed by atoms with van der Waals surface area (Å²) in [5.41, 5.74) is 0. The topological polar surface area (TPSA) is 61.0 Å². The normalized spacial score (nSPS) is 12.9. The first-order valence-corrected chi connectivity index (χ1v) is 2.83. The van der Waals surface area contributed by atoms with E-state index in [0.29, 0.717) is 0 Å². The van der Waals surface area contributed by atoms with Crippen molar-refractivity contribution in [3.05, 3.63) is 28.8 Å². The van der Waals surface area contributed by atoms with E-state index in [1.54, 1.807) is 6.20 Å². The monoisotopic (exact) mass is 141 g/mol. The second-order valence-corrected chi connectivity index (χ2v) is 1.93. The van der Waals surface area contributed by atoms with Gasteiger partial charge >= 0.3 is 0 Å². The molecule has 0 spiro atoms.